The van der Waals surface area contributed by atoms with Crippen LogP contribution in [0, 0.1) is 10.1 Å². The maximum absolute atomic E-state index is 12.8. The zero-order valence-electron chi connectivity index (χ0n) is 16.2. The van der Waals surface area contributed by atoms with Gasteiger partial charge in [-0.05, 0) is 24.3 Å². The molecule has 1 aliphatic rings. The molecule has 2 N–H and O–H groups in total. The molecule has 0 aliphatic carbocycles. The number of nitro benzene ring substituents is 1. The van der Waals surface area contributed by atoms with E-state index in [2.05, 4.69) is 15.2 Å². The summed E-state index contributed by atoms with van der Waals surface area (Å²) in [5.74, 6) is -0.359. The highest BCUT2D eigenvalue weighted by atomic mass is 35.5. The van der Waals surface area contributed by atoms with Crippen molar-refractivity contribution in [2.45, 2.75) is 4.90 Å². The number of rotatable bonds is 5. The van der Waals surface area contributed by atoms with Crippen molar-refractivity contribution in [3.05, 3.63) is 50.5 Å². The van der Waals surface area contributed by atoms with E-state index in [1.165, 1.54) is 28.6 Å². The third-order valence-electron chi connectivity index (χ3n) is 4.79. The summed E-state index contributed by atoms with van der Waals surface area (Å²) >= 11 is 12.1. The molecule has 3 aromatic rings. The number of morpholine rings is 1. The third kappa shape index (κ3) is 4.14. The number of benzene rings is 2. The van der Waals surface area contributed by atoms with Crippen molar-refractivity contribution in [1.82, 2.24) is 9.29 Å². The van der Waals surface area contributed by atoms with Gasteiger partial charge in [-0.15, -0.1) is 10.2 Å². The molecule has 168 valence electrons. The van der Waals surface area contributed by atoms with E-state index in [9.17, 15) is 23.6 Å². The van der Waals surface area contributed by atoms with Gasteiger partial charge in [0.05, 0.1) is 33.6 Å². The van der Waals surface area contributed by atoms with Gasteiger partial charge >= 0.3 is 0 Å². The SMILES string of the molecule is O=[N+]([O-])c1cc(S(=O)(=O)N2CCOCC2)ccc1N=Nc1c(O)[nH]c2c(Cl)cc(Cl)cc12. The van der Waals surface area contributed by atoms with E-state index in [1.54, 1.807) is 0 Å². The molecule has 14 heteroatoms. The van der Waals surface area contributed by atoms with Gasteiger partial charge in [0.15, 0.2) is 11.4 Å². The van der Waals surface area contributed by atoms with Gasteiger partial charge in [-0.2, -0.15) is 4.31 Å². The average Bonchev–Trinajstić information content (AvgIpc) is 3.08. The molecular weight excluding hydrogens is 485 g/mol. The van der Waals surface area contributed by atoms with E-state index in [4.69, 9.17) is 27.9 Å². The Morgan fingerprint density at radius 3 is 2.56 bits per heavy atom. The quantitative estimate of drug-likeness (QED) is 0.299. The zero-order chi connectivity index (χ0) is 23.0. The number of fused-ring (bicyclic) bond motifs is 1. The smallest absolute Gasteiger partial charge is 0.298 e. The van der Waals surface area contributed by atoms with Gasteiger partial charge in [0.25, 0.3) is 5.69 Å². The minimum Gasteiger partial charge on any atom is -0.493 e. The monoisotopic (exact) mass is 499 g/mol. The highest BCUT2D eigenvalue weighted by Gasteiger charge is 2.29. The maximum Gasteiger partial charge on any atom is 0.298 e. The van der Waals surface area contributed by atoms with Crippen molar-refractivity contribution >= 4 is 61.2 Å². The number of nitro groups is 1. The molecule has 0 atom stereocenters. The van der Waals surface area contributed by atoms with Crippen molar-refractivity contribution < 1.29 is 23.2 Å². The zero-order valence-corrected chi connectivity index (χ0v) is 18.5. The maximum atomic E-state index is 12.8. The van der Waals surface area contributed by atoms with Crippen molar-refractivity contribution in [3.63, 3.8) is 0 Å². The molecule has 2 aromatic carbocycles. The molecule has 1 aliphatic heterocycles. The second kappa shape index (κ2) is 8.64. The van der Waals surface area contributed by atoms with E-state index in [0.29, 0.717) is 15.9 Å². The van der Waals surface area contributed by atoms with Gasteiger partial charge < -0.3 is 14.8 Å². The molecule has 32 heavy (non-hydrogen) atoms. The molecular formula is C18H15Cl2N5O6S. The number of hydrogen-bond acceptors (Lipinski definition) is 8. The summed E-state index contributed by atoms with van der Waals surface area (Å²) in [6.45, 7) is 0.802. The van der Waals surface area contributed by atoms with E-state index < -0.39 is 20.6 Å². The number of halogens is 2. The van der Waals surface area contributed by atoms with Gasteiger partial charge in [0.2, 0.25) is 15.9 Å². The number of aromatic nitrogens is 1. The summed E-state index contributed by atoms with van der Waals surface area (Å²) in [6.07, 6.45) is 0. The van der Waals surface area contributed by atoms with Crippen LogP contribution in [-0.4, -0.2) is 54.0 Å². The first-order valence-corrected chi connectivity index (χ1v) is 11.4. The minimum absolute atomic E-state index is 0.0243. The van der Waals surface area contributed by atoms with Gasteiger partial charge in [-0.25, -0.2) is 8.42 Å². The number of H-pyrrole nitrogens is 1. The highest BCUT2D eigenvalue weighted by molar-refractivity contribution is 7.89. The lowest BCUT2D eigenvalue weighted by Gasteiger charge is -2.25. The van der Waals surface area contributed by atoms with E-state index in [1.807, 2.05) is 0 Å². The van der Waals surface area contributed by atoms with E-state index in [0.717, 1.165) is 6.07 Å². The van der Waals surface area contributed by atoms with Gasteiger partial charge in [-0.3, -0.25) is 10.1 Å². The molecule has 1 fully saturated rings. The Morgan fingerprint density at radius 1 is 1.16 bits per heavy atom. The predicted octanol–water partition coefficient (Wildman–Crippen LogP) is 4.52. The normalized spacial score (nSPS) is 15.6. The Hall–Kier alpha value is -2.77. The van der Waals surface area contributed by atoms with Crippen molar-refractivity contribution in [1.29, 1.82) is 0 Å². The second-order valence-electron chi connectivity index (χ2n) is 6.76. The van der Waals surface area contributed by atoms with Gasteiger partial charge in [0, 0.05) is 29.6 Å². The number of nitrogens with one attached hydrogen (secondary N) is 1. The topological polar surface area (TPSA) is 150 Å². The molecule has 0 bridgehead atoms. The number of hydrogen-bond donors (Lipinski definition) is 2. The van der Waals surface area contributed by atoms with Gasteiger partial charge in [0.1, 0.15) is 0 Å². The first kappa shape index (κ1) is 22.4. The number of aromatic amines is 1. The molecule has 0 unspecified atom stereocenters. The molecule has 0 saturated carbocycles. The summed E-state index contributed by atoms with van der Waals surface area (Å²) < 4.78 is 32.0. The molecule has 0 amide bonds. The van der Waals surface area contributed by atoms with Gasteiger partial charge in [-0.1, -0.05) is 23.2 Å². The first-order valence-electron chi connectivity index (χ1n) is 9.16. The molecule has 0 radical (unpaired) electrons. The highest BCUT2D eigenvalue weighted by Crippen LogP contribution is 2.41. The summed E-state index contributed by atoms with van der Waals surface area (Å²) in [5.41, 5.74) is -0.413. The molecule has 0 spiro atoms. The molecule has 1 saturated heterocycles. The predicted molar refractivity (Wildman–Crippen MR) is 117 cm³/mol. The summed E-state index contributed by atoms with van der Waals surface area (Å²) in [4.78, 5) is 13.2. The van der Waals surface area contributed by atoms with Crippen LogP contribution in [0.5, 0.6) is 5.88 Å². The molecule has 1 aromatic heterocycles. The Balaban J connectivity index is 1.74. The summed E-state index contributed by atoms with van der Waals surface area (Å²) in [6, 6.07) is 6.30. The van der Waals surface area contributed by atoms with Crippen LogP contribution in [0.1, 0.15) is 0 Å². The Morgan fingerprint density at radius 2 is 1.88 bits per heavy atom. The fraction of sp³-hybridized carbons (Fsp3) is 0.222. The largest absolute Gasteiger partial charge is 0.493 e. The Kier molecular flexibility index (Phi) is 6.05. The molecule has 11 nitrogen and oxygen atoms in total. The summed E-state index contributed by atoms with van der Waals surface area (Å²) in [7, 11) is -3.94. The van der Waals surface area contributed by atoms with Crippen LogP contribution in [0.4, 0.5) is 17.1 Å². The standard InChI is InChI=1S/C18H15Cl2N5O6S/c19-10-7-12-16(13(20)8-10)21-18(26)17(12)23-22-14-2-1-11(9-15(14)25(27)28)32(29,30)24-3-5-31-6-4-24/h1-2,7-9,21,26H,3-6H2. The number of nitrogens with zero attached hydrogens (tertiary/aromatic N) is 4. The van der Waals surface area contributed by atoms with E-state index >= 15 is 0 Å². The number of ether oxygens (including phenoxy) is 1. The lowest BCUT2D eigenvalue weighted by Crippen LogP contribution is -2.40. The minimum atomic E-state index is -3.94. The first-order chi connectivity index (χ1) is 15.2. The van der Waals surface area contributed by atoms with Crippen molar-refractivity contribution in [3.8, 4) is 5.88 Å². The third-order valence-corrected chi connectivity index (χ3v) is 7.20. The van der Waals surface area contributed by atoms with Crippen LogP contribution in [-0.2, 0) is 14.8 Å². The van der Waals surface area contributed by atoms with Crippen molar-refractivity contribution in [2.24, 2.45) is 10.2 Å². The molecule has 2 heterocycles. The van der Waals surface area contributed by atoms with Crippen LogP contribution in [0.15, 0.2) is 45.5 Å². The number of sulfonamides is 1. The lowest BCUT2D eigenvalue weighted by molar-refractivity contribution is -0.384. The fourth-order valence-electron chi connectivity index (χ4n) is 3.23. The second-order valence-corrected chi connectivity index (χ2v) is 9.54. The Labute approximate surface area is 191 Å². The van der Waals surface area contributed by atoms with E-state index in [-0.39, 0.29) is 53.5 Å². The van der Waals surface area contributed by atoms with Crippen LogP contribution < -0.4 is 0 Å². The van der Waals surface area contributed by atoms with Crippen LogP contribution in [0.3, 0.4) is 0 Å². The average molecular weight is 500 g/mol. The molecule has 4 rings (SSSR count). The number of aromatic hydroxyl groups is 1. The Bertz CT molecular complexity index is 1350. The number of azo groups is 1. The van der Waals surface area contributed by atoms with Crippen molar-refractivity contribution in [2.75, 3.05) is 26.3 Å². The van der Waals surface area contributed by atoms with Crippen LogP contribution in [0.25, 0.3) is 10.9 Å². The fourth-order valence-corrected chi connectivity index (χ4v) is 5.20. The van der Waals surface area contributed by atoms with Crippen LogP contribution >= 0.6 is 23.2 Å². The summed E-state index contributed by atoms with van der Waals surface area (Å²) in [5, 5.41) is 30.4. The van der Waals surface area contributed by atoms with Crippen LogP contribution in [0.2, 0.25) is 10.0 Å². The lowest BCUT2D eigenvalue weighted by atomic mass is 10.2.